The predicted molar refractivity (Wildman–Crippen MR) is 129 cm³/mol. The van der Waals surface area contributed by atoms with Crippen LogP contribution in [0.4, 0.5) is 0 Å². The number of carbonyl (C=O) groups is 3. The van der Waals surface area contributed by atoms with Crippen molar-refractivity contribution in [1.82, 2.24) is 15.7 Å². The van der Waals surface area contributed by atoms with E-state index in [2.05, 4.69) is 29.6 Å². The number of hydrogen-bond acceptors (Lipinski definition) is 6. The maximum atomic E-state index is 13.0. The summed E-state index contributed by atoms with van der Waals surface area (Å²) in [7, 11) is 0. The summed E-state index contributed by atoms with van der Waals surface area (Å²) >= 11 is 1.32. The molecule has 0 aliphatic carbocycles. The molecular formula is C24H34N4O4S. The number of benzene rings is 1. The lowest BCUT2D eigenvalue weighted by Gasteiger charge is -2.21. The zero-order chi connectivity index (χ0) is 24.4. The molecule has 0 radical (unpaired) electrons. The van der Waals surface area contributed by atoms with Crippen molar-refractivity contribution in [2.45, 2.75) is 64.8 Å². The number of aliphatic carboxylic acids is 1. The molecule has 0 aliphatic heterocycles. The number of amides is 2. The summed E-state index contributed by atoms with van der Waals surface area (Å²) in [5.41, 5.74) is 3.47. The number of carboxylic acid groups (broad SMARTS) is 1. The summed E-state index contributed by atoms with van der Waals surface area (Å²) in [5.74, 6) is 3.61. The van der Waals surface area contributed by atoms with Gasteiger partial charge in [0.15, 0.2) is 0 Å². The Morgan fingerprint density at radius 2 is 1.82 bits per heavy atom. The van der Waals surface area contributed by atoms with Crippen LogP contribution in [0.2, 0.25) is 0 Å². The van der Waals surface area contributed by atoms with Crippen LogP contribution < -0.4 is 16.6 Å². The van der Waals surface area contributed by atoms with E-state index >= 15 is 0 Å². The summed E-state index contributed by atoms with van der Waals surface area (Å²) < 4.78 is 0. The molecule has 2 rings (SSSR count). The first kappa shape index (κ1) is 26.5. The van der Waals surface area contributed by atoms with Crippen molar-refractivity contribution < 1.29 is 19.5 Å². The van der Waals surface area contributed by atoms with Gasteiger partial charge in [-0.15, -0.1) is 11.3 Å². The molecule has 1 aromatic heterocycles. The minimum atomic E-state index is -0.875. The number of aromatic nitrogens is 1. The number of carboxylic acids is 1. The number of hydrogen-bond donors (Lipinski definition) is 4. The molecule has 2 amide bonds. The van der Waals surface area contributed by atoms with Gasteiger partial charge in [0.25, 0.3) is 5.91 Å². The highest BCUT2D eigenvalue weighted by atomic mass is 32.1. The van der Waals surface area contributed by atoms with Gasteiger partial charge in [-0.2, -0.15) is 0 Å². The van der Waals surface area contributed by atoms with Gasteiger partial charge in [0.2, 0.25) is 5.91 Å². The lowest BCUT2D eigenvalue weighted by Crippen LogP contribution is -2.42. The Bertz CT molecular complexity index is 916. The highest BCUT2D eigenvalue weighted by molar-refractivity contribution is 7.09. The second kappa shape index (κ2) is 13.1. The van der Waals surface area contributed by atoms with Gasteiger partial charge in [-0.05, 0) is 30.7 Å². The molecule has 2 aromatic rings. The van der Waals surface area contributed by atoms with E-state index in [0.29, 0.717) is 30.2 Å². The average Bonchev–Trinajstić information content (AvgIpc) is 3.26. The smallest absolute Gasteiger partial charge is 0.304 e. The minimum absolute atomic E-state index is 0.0103. The molecular weight excluding hydrogens is 440 g/mol. The summed E-state index contributed by atoms with van der Waals surface area (Å²) in [6, 6.07) is 9.42. The Morgan fingerprint density at radius 1 is 1.12 bits per heavy atom. The summed E-state index contributed by atoms with van der Waals surface area (Å²) in [6.45, 7) is 5.95. The molecule has 180 valence electrons. The van der Waals surface area contributed by atoms with Crippen LogP contribution in [0.1, 0.15) is 73.4 Å². The van der Waals surface area contributed by atoms with Gasteiger partial charge in [0.05, 0.1) is 11.4 Å². The first-order chi connectivity index (χ1) is 15.7. The van der Waals surface area contributed by atoms with Gasteiger partial charge in [-0.25, -0.2) is 10.8 Å². The molecule has 0 bridgehead atoms. The van der Waals surface area contributed by atoms with Gasteiger partial charge >= 0.3 is 5.97 Å². The predicted octanol–water partition coefficient (Wildman–Crippen LogP) is 3.49. The van der Waals surface area contributed by atoms with Crippen molar-refractivity contribution >= 4 is 29.1 Å². The molecule has 8 nitrogen and oxygen atoms in total. The van der Waals surface area contributed by atoms with E-state index in [1.54, 1.807) is 12.3 Å². The second-order valence-electron chi connectivity index (χ2n) is 8.84. The molecule has 1 unspecified atom stereocenters. The van der Waals surface area contributed by atoms with Gasteiger partial charge in [0, 0.05) is 23.3 Å². The van der Waals surface area contributed by atoms with Crippen LogP contribution >= 0.6 is 11.3 Å². The lowest BCUT2D eigenvalue weighted by atomic mass is 9.95. The SMILES string of the molecule is CC(C)CCC(CC(=O)O)c1nc(C(=O)N[C@@H](Cc2ccccc2)C[C@H](C)C(=O)NN)cs1. The van der Waals surface area contributed by atoms with Gasteiger partial charge in [-0.3, -0.25) is 19.8 Å². The molecule has 0 saturated carbocycles. The van der Waals surface area contributed by atoms with E-state index in [0.717, 1.165) is 12.0 Å². The molecule has 1 heterocycles. The Labute approximate surface area is 199 Å². The van der Waals surface area contributed by atoms with E-state index in [9.17, 15) is 19.5 Å². The van der Waals surface area contributed by atoms with Crippen LogP contribution in [0.15, 0.2) is 35.7 Å². The van der Waals surface area contributed by atoms with E-state index in [1.165, 1.54) is 11.3 Å². The first-order valence-electron chi connectivity index (χ1n) is 11.2. The average molecular weight is 475 g/mol. The van der Waals surface area contributed by atoms with Crippen LogP contribution in [-0.2, 0) is 16.0 Å². The van der Waals surface area contributed by atoms with E-state index < -0.39 is 5.97 Å². The van der Waals surface area contributed by atoms with E-state index in [4.69, 9.17) is 5.84 Å². The number of rotatable bonds is 13. The van der Waals surface area contributed by atoms with Crippen molar-refractivity contribution in [2.24, 2.45) is 17.7 Å². The fourth-order valence-corrected chi connectivity index (χ4v) is 4.60. The number of thiazole rings is 1. The maximum absolute atomic E-state index is 13.0. The molecule has 5 N–H and O–H groups in total. The van der Waals surface area contributed by atoms with E-state index in [1.807, 2.05) is 30.3 Å². The summed E-state index contributed by atoms with van der Waals surface area (Å²) in [6.07, 6.45) is 2.56. The Kier molecular flexibility index (Phi) is 10.5. The number of hydrazine groups is 1. The molecule has 0 saturated heterocycles. The number of nitrogens with two attached hydrogens (primary N) is 1. The van der Waals surface area contributed by atoms with Crippen LogP contribution in [0.5, 0.6) is 0 Å². The normalized spacial score (nSPS) is 13.8. The molecule has 0 aliphatic rings. The van der Waals surface area contributed by atoms with Crippen LogP contribution in [0.3, 0.4) is 0 Å². The lowest BCUT2D eigenvalue weighted by molar-refractivity contribution is -0.137. The van der Waals surface area contributed by atoms with Gasteiger partial charge < -0.3 is 10.4 Å². The highest BCUT2D eigenvalue weighted by Gasteiger charge is 2.24. The first-order valence-corrected chi connectivity index (χ1v) is 12.1. The zero-order valence-electron chi connectivity index (χ0n) is 19.4. The van der Waals surface area contributed by atoms with Crippen molar-refractivity contribution in [3.05, 3.63) is 52.0 Å². The zero-order valence-corrected chi connectivity index (χ0v) is 20.2. The molecule has 0 spiro atoms. The number of carbonyl (C=O) groups excluding carboxylic acids is 2. The summed E-state index contributed by atoms with van der Waals surface area (Å²) in [5, 5.41) is 14.6. The van der Waals surface area contributed by atoms with Crippen LogP contribution in [0, 0.1) is 11.8 Å². The quantitative estimate of drug-likeness (QED) is 0.199. The number of nitrogens with zero attached hydrogens (tertiary/aromatic N) is 1. The molecule has 0 fully saturated rings. The third-order valence-corrected chi connectivity index (χ3v) is 6.51. The largest absolute Gasteiger partial charge is 0.481 e. The fraction of sp³-hybridized carbons (Fsp3) is 0.500. The third-order valence-electron chi connectivity index (χ3n) is 5.51. The third kappa shape index (κ3) is 8.94. The molecule has 1 aromatic carbocycles. The fourth-order valence-electron chi connectivity index (χ4n) is 3.66. The topological polar surface area (TPSA) is 134 Å². The van der Waals surface area contributed by atoms with E-state index in [-0.39, 0.29) is 41.8 Å². The Hall–Kier alpha value is -2.78. The number of nitrogens with one attached hydrogen (secondary N) is 2. The molecule has 3 atom stereocenters. The van der Waals surface area contributed by atoms with Crippen molar-refractivity contribution in [1.29, 1.82) is 0 Å². The molecule has 33 heavy (non-hydrogen) atoms. The standard InChI is InChI=1S/C24H34N4O4S/c1-15(2)9-10-18(13-21(29)30)24-27-20(14-33-24)23(32)26-19(11-16(3)22(31)28-25)12-17-7-5-4-6-8-17/h4-8,14-16,18-19H,9-13,25H2,1-3H3,(H,26,32)(H,28,31)(H,29,30)/t16-,18?,19+/m0/s1. The molecule has 9 heteroatoms. The van der Waals surface area contributed by atoms with Gasteiger partial charge in [0.1, 0.15) is 5.69 Å². The Morgan fingerprint density at radius 3 is 2.42 bits per heavy atom. The minimum Gasteiger partial charge on any atom is -0.481 e. The summed E-state index contributed by atoms with van der Waals surface area (Å²) in [4.78, 5) is 40.7. The monoisotopic (exact) mass is 474 g/mol. The highest BCUT2D eigenvalue weighted by Crippen LogP contribution is 2.29. The van der Waals surface area contributed by atoms with Crippen LogP contribution in [0.25, 0.3) is 0 Å². The Balaban J connectivity index is 2.14. The van der Waals surface area contributed by atoms with Gasteiger partial charge in [-0.1, -0.05) is 57.5 Å². The second-order valence-corrected chi connectivity index (χ2v) is 9.73. The van der Waals surface area contributed by atoms with Crippen molar-refractivity contribution in [3.8, 4) is 0 Å². The maximum Gasteiger partial charge on any atom is 0.304 e. The van der Waals surface area contributed by atoms with Crippen molar-refractivity contribution in [2.75, 3.05) is 0 Å². The van der Waals surface area contributed by atoms with Crippen LogP contribution in [-0.4, -0.2) is 33.9 Å². The van der Waals surface area contributed by atoms with Crippen molar-refractivity contribution in [3.63, 3.8) is 0 Å².